The van der Waals surface area contributed by atoms with E-state index in [1.165, 1.54) is 17.7 Å². The molecule has 2 aliphatic rings. The fraction of sp³-hybridized carbons (Fsp3) is 0.320. The molecule has 3 aromatic rings. The van der Waals surface area contributed by atoms with Gasteiger partial charge in [0.2, 0.25) is 0 Å². The summed E-state index contributed by atoms with van der Waals surface area (Å²) in [5.41, 5.74) is 1.96. The zero-order valence-corrected chi connectivity index (χ0v) is 17.6. The van der Waals surface area contributed by atoms with Crippen molar-refractivity contribution < 1.29 is 13.9 Å². The van der Waals surface area contributed by atoms with Crippen LogP contribution in [0.2, 0.25) is 0 Å². The van der Waals surface area contributed by atoms with Crippen molar-refractivity contribution in [2.75, 3.05) is 32.0 Å². The van der Waals surface area contributed by atoms with Crippen LogP contribution in [0.1, 0.15) is 34.7 Å². The molecule has 1 fully saturated rings. The van der Waals surface area contributed by atoms with Gasteiger partial charge in [-0.2, -0.15) is 0 Å². The first-order valence-electron chi connectivity index (χ1n) is 10.5. The highest BCUT2D eigenvalue weighted by Gasteiger charge is 2.24. The Hall–Kier alpha value is -2.37. The van der Waals surface area contributed by atoms with Gasteiger partial charge in [-0.15, -0.1) is 11.8 Å². The van der Waals surface area contributed by atoms with E-state index in [2.05, 4.69) is 17.0 Å². The first kappa shape index (κ1) is 19.6. The lowest BCUT2D eigenvalue weighted by atomic mass is 9.98. The van der Waals surface area contributed by atoms with E-state index in [0.29, 0.717) is 12.3 Å². The van der Waals surface area contributed by atoms with Crippen LogP contribution in [0.4, 0.5) is 4.39 Å². The van der Waals surface area contributed by atoms with Crippen molar-refractivity contribution >= 4 is 28.3 Å². The Labute approximate surface area is 180 Å². The molecule has 0 N–H and O–H groups in total. The van der Waals surface area contributed by atoms with E-state index in [1.54, 1.807) is 11.8 Å². The summed E-state index contributed by atoms with van der Waals surface area (Å²) in [6.45, 7) is 3.43. The molecule has 0 saturated carbocycles. The molecule has 1 atom stereocenters. The van der Waals surface area contributed by atoms with Crippen LogP contribution in [0.25, 0.3) is 10.8 Å². The highest BCUT2D eigenvalue weighted by molar-refractivity contribution is 7.99. The molecule has 2 aliphatic heterocycles. The van der Waals surface area contributed by atoms with Crippen LogP contribution in [0, 0.1) is 5.82 Å². The Morgan fingerprint density at radius 3 is 2.83 bits per heavy atom. The van der Waals surface area contributed by atoms with Crippen molar-refractivity contribution in [3.63, 3.8) is 0 Å². The number of carbonyl (C=O) groups is 1. The van der Waals surface area contributed by atoms with Crippen LogP contribution in [-0.2, 0) is 0 Å². The zero-order chi connectivity index (χ0) is 20.5. The van der Waals surface area contributed by atoms with Gasteiger partial charge in [0.05, 0.1) is 11.5 Å². The highest BCUT2D eigenvalue weighted by Crippen LogP contribution is 2.37. The van der Waals surface area contributed by atoms with E-state index in [-0.39, 0.29) is 11.6 Å². The summed E-state index contributed by atoms with van der Waals surface area (Å²) >= 11 is 1.81. The lowest BCUT2D eigenvalue weighted by Crippen LogP contribution is -2.23. The number of benzene rings is 3. The number of hydrogen-bond donors (Lipinski definition) is 0. The third kappa shape index (κ3) is 4.09. The maximum absolute atomic E-state index is 13.1. The summed E-state index contributed by atoms with van der Waals surface area (Å²) < 4.78 is 18.9. The predicted octanol–water partition coefficient (Wildman–Crippen LogP) is 5.53. The number of rotatable bonds is 5. The number of thioether (sulfide) groups is 1. The van der Waals surface area contributed by atoms with E-state index in [1.807, 2.05) is 30.3 Å². The Bertz CT molecular complexity index is 1080. The van der Waals surface area contributed by atoms with Gasteiger partial charge >= 0.3 is 0 Å². The van der Waals surface area contributed by atoms with Gasteiger partial charge < -0.3 is 9.64 Å². The van der Waals surface area contributed by atoms with Gasteiger partial charge in [-0.25, -0.2) is 4.39 Å². The van der Waals surface area contributed by atoms with E-state index in [0.717, 1.165) is 65.4 Å². The monoisotopic (exact) mass is 421 g/mol. The van der Waals surface area contributed by atoms with Gasteiger partial charge in [0.15, 0.2) is 5.78 Å². The molecule has 5 rings (SSSR count). The quantitative estimate of drug-likeness (QED) is 0.507. The van der Waals surface area contributed by atoms with Crippen molar-refractivity contribution in [2.24, 2.45) is 0 Å². The smallest absolute Gasteiger partial charge is 0.164 e. The van der Waals surface area contributed by atoms with Gasteiger partial charge in [-0.05, 0) is 65.6 Å². The fourth-order valence-electron chi connectivity index (χ4n) is 4.40. The molecular formula is C25H24FNO2S. The maximum Gasteiger partial charge on any atom is 0.164 e. The minimum Gasteiger partial charge on any atom is -0.492 e. The first-order valence-corrected chi connectivity index (χ1v) is 11.5. The van der Waals surface area contributed by atoms with Gasteiger partial charge in [0.1, 0.15) is 11.6 Å². The van der Waals surface area contributed by atoms with Crippen LogP contribution < -0.4 is 4.74 Å². The Balaban J connectivity index is 1.22. The minimum absolute atomic E-state index is 0.184. The first-order chi connectivity index (χ1) is 14.7. The van der Waals surface area contributed by atoms with Crippen molar-refractivity contribution in [1.29, 1.82) is 0 Å². The summed E-state index contributed by atoms with van der Waals surface area (Å²) in [5.74, 6) is 2.33. The lowest BCUT2D eigenvalue weighted by molar-refractivity contribution is 0.0969. The molecule has 0 bridgehead atoms. The number of likely N-dealkylation sites (tertiary alicyclic amines) is 1. The second-order valence-corrected chi connectivity index (χ2v) is 9.21. The predicted molar refractivity (Wildman–Crippen MR) is 119 cm³/mol. The number of ketones is 1. The third-order valence-corrected chi connectivity index (χ3v) is 7.09. The van der Waals surface area contributed by atoms with E-state index < -0.39 is 0 Å². The number of hydrogen-bond acceptors (Lipinski definition) is 4. The van der Waals surface area contributed by atoms with Crippen LogP contribution in [0.15, 0.2) is 59.5 Å². The summed E-state index contributed by atoms with van der Waals surface area (Å²) in [4.78, 5) is 16.3. The third-order valence-electron chi connectivity index (χ3n) is 6.09. The number of halogens is 1. The summed E-state index contributed by atoms with van der Waals surface area (Å²) in [5, 5.41) is 2.20. The average Bonchev–Trinajstić information content (AvgIpc) is 3.25. The van der Waals surface area contributed by atoms with Crippen molar-refractivity contribution in [3.8, 4) is 5.75 Å². The normalized spacial score (nSPS) is 18.9. The molecule has 0 aliphatic carbocycles. The van der Waals surface area contributed by atoms with E-state index in [4.69, 9.17) is 4.74 Å². The fourth-order valence-corrected chi connectivity index (χ4v) is 5.26. The SMILES string of the molecule is O=C(CCN1CCC(c2ccc(F)cc2)C1)c1ccc2cc3c(cc2c1)SCCO3. The molecule has 3 nitrogen and oxygen atoms in total. The molecule has 5 heteroatoms. The van der Waals surface area contributed by atoms with Crippen LogP contribution in [0.3, 0.4) is 0 Å². The Morgan fingerprint density at radius 1 is 1.10 bits per heavy atom. The van der Waals surface area contributed by atoms with Gasteiger partial charge in [0.25, 0.3) is 0 Å². The molecule has 2 heterocycles. The summed E-state index contributed by atoms with van der Waals surface area (Å²) in [7, 11) is 0. The van der Waals surface area contributed by atoms with Crippen LogP contribution >= 0.6 is 11.8 Å². The van der Waals surface area contributed by atoms with Crippen LogP contribution in [0.5, 0.6) is 5.75 Å². The number of carbonyl (C=O) groups excluding carboxylic acids is 1. The molecule has 1 saturated heterocycles. The second kappa shape index (κ2) is 8.40. The van der Waals surface area contributed by atoms with Crippen molar-refractivity contribution in [1.82, 2.24) is 4.90 Å². The molecule has 1 unspecified atom stereocenters. The maximum atomic E-state index is 13.1. The summed E-state index contributed by atoms with van der Waals surface area (Å²) in [6.07, 6.45) is 1.57. The average molecular weight is 422 g/mol. The summed E-state index contributed by atoms with van der Waals surface area (Å²) in [6, 6.07) is 17.0. The largest absolute Gasteiger partial charge is 0.492 e. The lowest BCUT2D eigenvalue weighted by Gasteiger charge is -2.18. The number of nitrogens with zero attached hydrogens (tertiary/aromatic N) is 1. The Morgan fingerprint density at radius 2 is 1.97 bits per heavy atom. The van der Waals surface area contributed by atoms with Crippen molar-refractivity contribution in [2.45, 2.75) is 23.7 Å². The molecule has 0 aromatic heterocycles. The second-order valence-electron chi connectivity index (χ2n) is 8.07. The molecule has 0 amide bonds. The zero-order valence-electron chi connectivity index (χ0n) is 16.8. The standard InChI is InChI=1S/C25H24FNO2S/c26-22-5-3-17(4-6-22)20-7-9-27(16-20)10-8-23(28)19-2-1-18-14-24-25(15-21(18)13-19)30-12-11-29-24/h1-6,13-15,20H,7-12,16H2. The number of Topliss-reactive ketones (excluding diaryl/α,β-unsaturated/α-hetero) is 1. The van der Waals surface area contributed by atoms with E-state index in [9.17, 15) is 9.18 Å². The van der Waals surface area contributed by atoms with Gasteiger partial charge in [-0.3, -0.25) is 4.79 Å². The molecule has 154 valence electrons. The molecule has 0 spiro atoms. The Kier molecular flexibility index (Phi) is 5.48. The molecule has 3 aromatic carbocycles. The highest BCUT2D eigenvalue weighted by atomic mass is 32.2. The molecule has 30 heavy (non-hydrogen) atoms. The number of fused-ring (bicyclic) bond motifs is 2. The minimum atomic E-state index is -0.193. The molecule has 0 radical (unpaired) electrons. The van der Waals surface area contributed by atoms with Crippen LogP contribution in [-0.4, -0.2) is 42.7 Å². The topological polar surface area (TPSA) is 29.5 Å². The van der Waals surface area contributed by atoms with Crippen molar-refractivity contribution in [3.05, 3.63) is 71.5 Å². The van der Waals surface area contributed by atoms with Gasteiger partial charge in [-0.1, -0.05) is 24.3 Å². The molecular weight excluding hydrogens is 397 g/mol. The van der Waals surface area contributed by atoms with E-state index >= 15 is 0 Å². The number of ether oxygens (including phenoxy) is 1. The van der Waals surface area contributed by atoms with Gasteiger partial charge in [0, 0.05) is 30.8 Å².